The zero-order valence-electron chi connectivity index (χ0n) is 10.7. The van der Waals surface area contributed by atoms with E-state index in [9.17, 15) is 0 Å². The molecule has 0 unspecified atom stereocenters. The van der Waals surface area contributed by atoms with E-state index in [0.29, 0.717) is 5.54 Å². The second-order valence-electron chi connectivity index (χ2n) is 5.37. The first-order chi connectivity index (χ1) is 8.44. The zero-order chi connectivity index (χ0) is 13.3. The fraction of sp³-hybridized carbons (Fsp3) is 0.750. The molecule has 0 saturated heterocycles. The first-order valence-corrected chi connectivity index (χ1v) is 8.75. The summed E-state index contributed by atoms with van der Waals surface area (Å²) < 4.78 is 7.47. The van der Waals surface area contributed by atoms with Gasteiger partial charge in [0.05, 0.1) is 0 Å². The minimum atomic E-state index is 0.477. The molecule has 0 radical (unpaired) electrons. The van der Waals surface area contributed by atoms with Crippen LogP contribution in [0.25, 0.3) is 0 Å². The van der Waals surface area contributed by atoms with Crippen LogP contribution in [0.5, 0.6) is 0 Å². The van der Waals surface area contributed by atoms with E-state index in [1.165, 1.54) is 35.9 Å². The number of imidazole rings is 1. The number of fused-ring (bicyclic) bond motifs is 2. The van der Waals surface area contributed by atoms with Crippen LogP contribution in [0, 0.1) is 9.72 Å². The molecule has 0 amide bonds. The van der Waals surface area contributed by atoms with Crippen LogP contribution in [0.3, 0.4) is 0 Å². The van der Waals surface area contributed by atoms with Crippen molar-refractivity contribution in [2.24, 2.45) is 20.0 Å². The van der Waals surface area contributed by atoms with Crippen molar-refractivity contribution in [3.63, 3.8) is 0 Å². The van der Waals surface area contributed by atoms with E-state index in [4.69, 9.17) is 0 Å². The van der Waals surface area contributed by atoms with Gasteiger partial charge >= 0.3 is 58.8 Å². The van der Waals surface area contributed by atoms with Gasteiger partial charge in [-0.15, -0.1) is 0 Å². The Bertz CT molecular complexity index is 436. The molecule has 2 aliphatic carbocycles. The normalized spacial score (nSPS) is 29.6. The van der Waals surface area contributed by atoms with Gasteiger partial charge in [0.15, 0.2) is 0 Å². The van der Waals surface area contributed by atoms with Gasteiger partial charge in [-0.05, 0) is 38.0 Å². The molecule has 3 nitrogen and oxygen atoms in total. The van der Waals surface area contributed by atoms with Crippen molar-refractivity contribution in [2.75, 3.05) is 0 Å². The zero-order valence-corrected chi connectivity index (χ0v) is 16.1. The summed E-state index contributed by atoms with van der Waals surface area (Å²) in [5.74, 6) is 1.03. The monoisotopic (exact) mass is 558 g/mol. The van der Waals surface area contributed by atoms with E-state index in [-0.39, 0.29) is 0 Å². The molecular weight excluding hydrogens is 541 g/mol. The Kier molecular flexibility index (Phi) is 5.13. The molecule has 2 aliphatic rings. The van der Waals surface area contributed by atoms with E-state index < -0.39 is 0 Å². The van der Waals surface area contributed by atoms with E-state index in [1.54, 1.807) is 0 Å². The van der Waals surface area contributed by atoms with E-state index in [2.05, 4.69) is 63.7 Å². The number of aryl methyl sites for hydroxylation is 2. The van der Waals surface area contributed by atoms with Crippen LogP contribution in [0.1, 0.15) is 32.1 Å². The first-order valence-electron chi connectivity index (χ1n) is 6.20. The van der Waals surface area contributed by atoms with Gasteiger partial charge in [0.2, 0.25) is 0 Å². The SMILES string of the molecule is BrN(Br)[C@]12CC[C@@H](CC1)C2.Cn1ccn(C)[c]1=[Pt]. The number of aromatic nitrogens is 2. The summed E-state index contributed by atoms with van der Waals surface area (Å²) in [5, 5.41) is 0. The van der Waals surface area contributed by atoms with Crippen LogP contribution in [0.4, 0.5) is 0 Å². The van der Waals surface area contributed by atoms with Gasteiger partial charge in [-0.2, -0.15) is 2.95 Å². The molecule has 0 spiro atoms. The summed E-state index contributed by atoms with van der Waals surface area (Å²) in [6.07, 6.45) is 11.1. The van der Waals surface area contributed by atoms with Crippen molar-refractivity contribution in [3.05, 3.63) is 16.2 Å². The van der Waals surface area contributed by atoms with Gasteiger partial charge in [0.1, 0.15) is 0 Å². The van der Waals surface area contributed by atoms with E-state index in [0.717, 1.165) is 5.92 Å². The molecule has 1 heterocycles. The Balaban J connectivity index is 0.000000138. The molecule has 3 rings (SSSR count). The van der Waals surface area contributed by atoms with Crippen molar-refractivity contribution >= 4 is 32.3 Å². The van der Waals surface area contributed by atoms with E-state index >= 15 is 0 Å². The molecule has 1 aromatic rings. The predicted octanol–water partition coefficient (Wildman–Crippen LogP) is 3.68. The Morgan fingerprint density at radius 1 is 1.22 bits per heavy atom. The number of hydrogen-bond acceptors (Lipinski definition) is 1. The van der Waals surface area contributed by atoms with Gasteiger partial charge < -0.3 is 0 Å². The molecular formula is C12H19Br2N3Pt. The molecule has 1 aromatic heterocycles. The Morgan fingerprint density at radius 2 is 1.72 bits per heavy atom. The average molecular weight is 560 g/mol. The third-order valence-corrected chi connectivity index (χ3v) is 7.22. The van der Waals surface area contributed by atoms with Gasteiger partial charge in [-0.3, -0.25) is 0 Å². The van der Waals surface area contributed by atoms with Gasteiger partial charge in [0, 0.05) is 37.8 Å². The van der Waals surface area contributed by atoms with Gasteiger partial charge in [0.25, 0.3) is 0 Å². The third kappa shape index (κ3) is 3.10. The molecule has 18 heavy (non-hydrogen) atoms. The number of hydrogen-bond donors (Lipinski definition) is 0. The minimum absolute atomic E-state index is 0.477. The Labute approximate surface area is 137 Å². The van der Waals surface area contributed by atoms with Crippen LogP contribution in [0.15, 0.2) is 12.4 Å². The summed E-state index contributed by atoms with van der Waals surface area (Å²) in [7, 11) is 4.06. The summed E-state index contributed by atoms with van der Waals surface area (Å²) in [4.78, 5) is 0. The maximum atomic E-state index is 3.50. The average Bonchev–Trinajstić information content (AvgIpc) is 3.03. The fourth-order valence-corrected chi connectivity index (χ4v) is 4.30. The van der Waals surface area contributed by atoms with Gasteiger partial charge in [-0.25, -0.2) is 0 Å². The second-order valence-corrected chi connectivity index (χ2v) is 8.75. The Morgan fingerprint density at radius 3 is 1.89 bits per heavy atom. The van der Waals surface area contributed by atoms with Crippen LogP contribution in [-0.2, 0) is 33.4 Å². The molecule has 0 aliphatic heterocycles. The molecule has 6 heteroatoms. The quantitative estimate of drug-likeness (QED) is 0.479. The molecule has 106 valence electrons. The first kappa shape index (κ1) is 15.2. The molecule has 0 N–H and O–H groups in total. The van der Waals surface area contributed by atoms with Crippen LogP contribution in [-0.4, -0.2) is 17.6 Å². The third-order valence-electron chi connectivity index (χ3n) is 4.12. The predicted molar refractivity (Wildman–Crippen MR) is 76.6 cm³/mol. The van der Waals surface area contributed by atoms with Crippen LogP contribution in [0.2, 0.25) is 0 Å². The van der Waals surface area contributed by atoms with Crippen molar-refractivity contribution in [3.8, 4) is 0 Å². The molecule has 0 aromatic carbocycles. The van der Waals surface area contributed by atoms with Crippen molar-refractivity contribution in [2.45, 2.75) is 37.6 Å². The second kappa shape index (κ2) is 6.07. The van der Waals surface area contributed by atoms with Crippen LogP contribution < -0.4 is 0 Å². The number of nitrogens with zero attached hydrogens (tertiary/aromatic N) is 3. The van der Waals surface area contributed by atoms with E-state index in [1.807, 2.05) is 26.5 Å². The van der Waals surface area contributed by atoms with Crippen molar-refractivity contribution < 1.29 is 19.4 Å². The maximum absolute atomic E-state index is 3.50. The number of rotatable bonds is 1. The summed E-state index contributed by atoms with van der Waals surface area (Å²) in [5.41, 5.74) is 0.477. The summed E-state index contributed by atoms with van der Waals surface area (Å²) >= 11 is 9.27. The molecule has 0 atom stereocenters. The topological polar surface area (TPSA) is 13.1 Å². The van der Waals surface area contributed by atoms with Crippen LogP contribution >= 0.6 is 32.3 Å². The van der Waals surface area contributed by atoms with Crippen molar-refractivity contribution in [1.82, 2.24) is 12.1 Å². The fourth-order valence-electron chi connectivity index (χ4n) is 2.96. The summed E-state index contributed by atoms with van der Waals surface area (Å²) in [6.45, 7) is 0. The molecule has 2 saturated carbocycles. The summed E-state index contributed by atoms with van der Waals surface area (Å²) in [6, 6.07) is 0. The Hall–Kier alpha value is 0.818. The molecule has 2 bridgehead atoms. The standard InChI is InChI=1S/C7H11Br2N.C5H8N2.Pt/c8-10(9)7-3-1-6(5-7)2-4-7;1-6-3-4-7(2)5-6;/h6H,1-5H2;3-4H,1-2H3;/t6-,7+;;. The number of halogens is 2. The van der Waals surface area contributed by atoms with Gasteiger partial charge in [-0.1, -0.05) is 0 Å². The van der Waals surface area contributed by atoms with Crippen molar-refractivity contribution in [1.29, 1.82) is 0 Å². The molecule has 2 fully saturated rings.